The van der Waals surface area contributed by atoms with Gasteiger partial charge in [-0.2, -0.15) is 0 Å². The summed E-state index contributed by atoms with van der Waals surface area (Å²) in [7, 11) is 0. The van der Waals surface area contributed by atoms with Gasteiger partial charge in [0.25, 0.3) is 0 Å². The van der Waals surface area contributed by atoms with Gasteiger partial charge in [0.05, 0.1) is 6.04 Å². The van der Waals surface area contributed by atoms with E-state index in [1.165, 1.54) is 0 Å². The van der Waals surface area contributed by atoms with E-state index >= 15 is 0 Å². The van der Waals surface area contributed by atoms with Gasteiger partial charge in [0.1, 0.15) is 11.5 Å². The van der Waals surface area contributed by atoms with Crippen molar-refractivity contribution in [2.75, 3.05) is 6.54 Å². The quantitative estimate of drug-likeness (QED) is 0.727. The van der Waals surface area contributed by atoms with Crippen molar-refractivity contribution in [3.63, 3.8) is 0 Å². The smallest absolute Gasteiger partial charge is 0.315 e. The highest BCUT2D eigenvalue weighted by Gasteiger charge is 2.35. The van der Waals surface area contributed by atoms with Crippen molar-refractivity contribution in [2.45, 2.75) is 52.5 Å². The molecule has 0 unspecified atom stereocenters. The fraction of sp³-hybridized carbons (Fsp3) is 0.625. The first kappa shape index (κ1) is 16.4. The van der Waals surface area contributed by atoms with Crippen LogP contribution in [0.5, 0.6) is 0 Å². The summed E-state index contributed by atoms with van der Waals surface area (Å²) in [5.41, 5.74) is 6.22. The third-order valence-corrected chi connectivity index (χ3v) is 3.93. The summed E-state index contributed by atoms with van der Waals surface area (Å²) < 4.78 is 5.76. The zero-order valence-electron chi connectivity index (χ0n) is 13.5. The number of primary amides is 1. The predicted molar refractivity (Wildman–Crippen MR) is 83.3 cm³/mol. The summed E-state index contributed by atoms with van der Waals surface area (Å²) in [6, 6.07) is 1.73. The number of rotatable bonds is 5. The first-order valence-electron chi connectivity index (χ1n) is 7.69. The molecule has 0 saturated heterocycles. The number of fused-ring (bicyclic) bond motifs is 1. The summed E-state index contributed by atoms with van der Waals surface area (Å²) in [6.07, 6.45) is 2.58. The summed E-state index contributed by atoms with van der Waals surface area (Å²) in [5, 5.41) is 5.77. The Morgan fingerprint density at radius 1 is 1.45 bits per heavy atom. The summed E-state index contributed by atoms with van der Waals surface area (Å²) in [4.78, 5) is 22.7. The van der Waals surface area contributed by atoms with Crippen molar-refractivity contribution in [3.8, 4) is 0 Å². The summed E-state index contributed by atoms with van der Waals surface area (Å²) in [5.74, 6) is 1.49. The Hall–Kier alpha value is -1.98. The van der Waals surface area contributed by atoms with Gasteiger partial charge in [0, 0.05) is 24.9 Å². The lowest BCUT2D eigenvalue weighted by atomic mass is 9.75. The molecule has 0 radical (unpaired) electrons. The Morgan fingerprint density at radius 2 is 2.18 bits per heavy atom. The van der Waals surface area contributed by atoms with E-state index in [4.69, 9.17) is 10.2 Å². The maximum Gasteiger partial charge on any atom is 0.315 e. The molecule has 1 aliphatic rings. The average Bonchev–Trinajstić information content (AvgIpc) is 2.73. The van der Waals surface area contributed by atoms with Gasteiger partial charge in [0.15, 0.2) is 0 Å². The Morgan fingerprint density at radius 3 is 2.86 bits per heavy atom. The van der Waals surface area contributed by atoms with Gasteiger partial charge < -0.3 is 20.8 Å². The van der Waals surface area contributed by atoms with E-state index in [0.717, 1.165) is 29.9 Å². The Labute approximate surface area is 130 Å². The molecule has 1 heterocycles. The van der Waals surface area contributed by atoms with Gasteiger partial charge >= 0.3 is 6.03 Å². The molecule has 22 heavy (non-hydrogen) atoms. The molecule has 1 atom stereocenters. The molecule has 0 bridgehead atoms. The number of hydrogen-bond donors (Lipinski definition) is 3. The van der Waals surface area contributed by atoms with Crippen LogP contribution in [-0.2, 0) is 11.2 Å². The minimum absolute atomic E-state index is 0.0488. The highest BCUT2D eigenvalue weighted by atomic mass is 16.3. The highest BCUT2D eigenvalue weighted by Crippen LogP contribution is 2.41. The van der Waals surface area contributed by atoms with Crippen LogP contribution in [0.25, 0.3) is 0 Å². The fourth-order valence-corrected chi connectivity index (χ4v) is 2.99. The third-order valence-electron chi connectivity index (χ3n) is 3.93. The molecule has 6 nitrogen and oxygen atoms in total. The zero-order chi connectivity index (χ0) is 16.3. The Bertz CT molecular complexity index is 563. The van der Waals surface area contributed by atoms with E-state index in [-0.39, 0.29) is 29.8 Å². The van der Waals surface area contributed by atoms with Crippen LogP contribution in [0, 0.1) is 12.3 Å². The minimum Gasteiger partial charge on any atom is -0.466 e. The lowest BCUT2D eigenvalue weighted by Crippen LogP contribution is -2.41. The second-order valence-corrected chi connectivity index (χ2v) is 6.80. The lowest BCUT2D eigenvalue weighted by molar-refractivity contribution is -0.118. The van der Waals surface area contributed by atoms with Crippen LogP contribution in [0.3, 0.4) is 0 Å². The number of urea groups is 1. The standard InChI is InChI=1S/C16H25N3O3/c1-10-7-11-12(8-16(2,3)9-13(11)22-10)19-15(21)18-6-4-5-14(17)20/h7,12H,4-6,8-9H2,1-3H3,(H2,17,20)(H2,18,19,21)/t12-/m1/s1. The molecule has 1 aliphatic carbocycles. The van der Waals surface area contributed by atoms with Crippen LogP contribution in [0.15, 0.2) is 10.5 Å². The highest BCUT2D eigenvalue weighted by molar-refractivity contribution is 5.75. The number of nitrogens with two attached hydrogens (primary N) is 1. The molecule has 122 valence electrons. The predicted octanol–water partition coefficient (Wildman–Crippen LogP) is 2.17. The van der Waals surface area contributed by atoms with Gasteiger partial charge in [-0.15, -0.1) is 0 Å². The summed E-state index contributed by atoms with van der Waals surface area (Å²) in [6.45, 7) is 6.70. The number of carbonyl (C=O) groups is 2. The summed E-state index contributed by atoms with van der Waals surface area (Å²) >= 11 is 0. The molecule has 1 aromatic heterocycles. The average molecular weight is 307 g/mol. The third kappa shape index (κ3) is 4.26. The fourth-order valence-electron chi connectivity index (χ4n) is 2.99. The first-order chi connectivity index (χ1) is 10.3. The second-order valence-electron chi connectivity index (χ2n) is 6.80. The zero-order valence-corrected chi connectivity index (χ0v) is 13.5. The molecule has 6 heteroatoms. The van der Waals surface area contributed by atoms with Crippen molar-refractivity contribution in [2.24, 2.45) is 11.1 Å². The number of carbonyl (C=O) groups excluding carboxylic acids is 2. The Balaban J connectivity index is 1.94. The van der Waals surface area contributed by atoms with Crippen LogP contribution in [0.4, 0.5) is 4.79 Å². The molecule has 0 saturated carbocycles. The minimum atomic E-state index is -0.352. The van der Waals surface area contributed by atoms with Crippen molar-refractivity contribution in [1.82, 2.24) is 10.6 Å². The number of amides is 3. The maximum atomic E-state index is 12.0. The lowest BCUT2D eigenvalue weighted by Gasteiger charge is -2.34. The molecular formula is C16H25N3O3. The van der Waals surface area contributed by atoms with Crippen molar-refractivity contribution < 1.29 is 14.0 Å². The van der Waals surface area contributed by atoms with E-state index in [1.807, 2.05) is 13.0 Å². The molecule has 1 aromatic rings. The number of nitrogens with one attached hydrogen (secondary N) is 2. The van der Waals surface area contributed by atoms with Gasteiger partial charge in [-0.3, -0.25) is 4.79 Å². The second kappa shape index (κ2) is 6.42. The van der Waals surface area contributed by atoms with E-state index < -0.39 is 0 Å². The van der Waals surface area contributed by atoms with Crippen molar-refractivity contribution in [3.05, 3.63) is 23.2 Å². The molecule has 4 N–H and O–H groups in total. The van der Waals surface area contributed by atoms with Crippen molar-refractivity contribution >= 4 is 11.9 Å². The van der Waals surface area contributed by atoms with E-state index in [0.29, 0.717) is 13.0 Å². The Kier molecular flexibility index (Phi) is 4.78. The molecule has 0 spiro atoms. The van der Waals surface area contributed by atoms with Crippen LogP contribution in [0.1, 0.15) is 56.2 Å². The van der Waals surface area contributed by atoms with Gasteiger partial charge in [0.2, 0.25) is 5.91 Å². The van der Waals surface area contributed by atoms with Gasteiger partial charge in [-0.25, -0.2) is 4.79 Å². The number of aryl methyl sites for hydroxylation is 1. The van der Waals surface area contributed by atoms with Crippen LogP contribution in [-0.4, -0.2) is 18.5 Å². The molecule has 3 amide bonds. The van der Waals surface area contributed by atoms with Gasteiger partial charge in [-0.1, -0.05) is 13.8 Å². The molecular weight excluding hydrogens is 282 g/mol. The molecule has 0 fully saturated rings. The van der Waals surface area contributed by atoms with E-state index in [9.17, 15) is 9.59 Å². The molecule has 2 rings (SSSR count). The van der Waals surface area contributed by atoms with Gasteiger partial charge in [-0.05, 0) is 31.2 Å². The van der Waals surface area contributed by atoms with Crippen LogP contribution in [0.2, 0.25) is 0 Å². The van der Waals surface area contributed by atoms with Crippen molar-refractivity contribution in [1.29, 1.82) is 0 Å². The molecule has 0 aromatic carbocycles. The first-order valence-corrected chi connectivity index (χ1v) is 7.69. The van der Waals surface area contributed by atoms with Crippen LogP contribution < -0.4 is 16.4 Å². The maximum absolute atomic E-state index is 12.0. The SMILES string of the molecule is Cc1cc2c(o1)CC(C)(C)C[C@H]2NC(=O)NCCCC(N)=O. The number of hydrogen-bond acceptors (Lipinski definition) is 3. The normalized spacial score (nSPS) is 19.3. The largest absolute Gasteiger partial charge is 0.466 e. The van der Waals surface area contributed by atoms with E-state index in [1.54, 1.807) is 0 Å². The monoisotopic (exact) mass is 307 g/mol. The molecule has 0 aliphatic heterocycles. The topological polar surface area (TPSA) is 97.4 Å². The number of furan rings is 1. The van der Waals surface area contributed by atoms with Crippen LogP contribution >= 0.6 is 0 Å². The van der Waals surface area contributed by atoms with E-state index in [2.05, 4.69) is 24.5 Å².